The van der Waals surface area contributed by atoms with E-state index < -0.39 is 0 Å². The Morgan fingerprint density at radius 3 is 2.53 bits per heavy atom. The molecule has 0 radical (unpaired) electrons. The van der Waals surface area contributed by atoms with E-state index in [4.69, 9.17) is 14.2 Å². The molecular weight excluding hydrogens is 246 g/mol. The van der Waals surface area contributed by atoms with Crippen LogP contribution in [0.15, 0.2) is 12.1 Å². The van der Waals surface area contributed by atoms with Crippen LogP contribution in [0.25, 0.3) is 0 Å². The Bertz CT molecular complexity index is 391. The molecule has 1 fully saturated rings. The van der Waals surface area contributed by atoms with Crippen molar-refractivity contribution in [3.05, 3.63) is 17.7 Å². The number of nitrogens with two attached hydrogens (primary N) is 1. The molecule has 1 aliphatic rings. The van der Waals surface area contributed by atoms with Crippen molar-refractivity contribution in [3.63, 3.8) is 0 Å². The standard InChI is InChI=1S/C14H21NO4/c1-17-12-6-10(7-13(18-2)14(12)16)8-15-9-11-4-3-5-19-11/h6-7,11,15-16H,3-5,8-9H2,1-2H3/p+1/t11-/m1/s1. The SMILES string of the molecule is COc1cc(C[NH2+]C[C@H]2CCCO2)cc(OC)c1O. The van der Waals surface area contributed by atoms with Crippen molar-refractivity contribution in [1.82, 2.24) is 0 Å². The molecule has 1 aliphatic heterocycles. The molecule has 1 heterocycles. The van der Waals surface area contributed by atoms with E-state index >= 15 is 0 Å². The van der Waals surface area contributed by atoms with Gasteiger partial charge in [-0.1, -0.05) is 0 Å². The highest BCUT2D eigenvalue weighted by atomic mass is 16.5. The lowest BCUT2D eigenvalue weighted by atomic mass is 10.1. The average Bonchev–Trinajstić information content (AvgIpc) is 2.93. The summed E-state index contributed by atoms with van der Waals surface area (Å²) in [7, 11) is 3.07. The van der Waals surface area contributed by atoms with Crippen molar-refractivity contribution >= 4 is 0 Å². The summed E-state index contributed by atoms with van der Waals surface area (Å²) in [6.07, 6.45) is 2.69. The monoisotopic (exact) mass is 268 g/mol. The summed E-state index contributed by atoms with van der Waals surface area (Å²) >= 11 is 0. The van der Waals surface area contributed by atoms with E-state index in [1.165, 1.54) is 20.6 Å². The van der Waals surface area contributed by atoms with Crippen molar-refractivity contribution in [2.75, 3.05) is 27.4 Å². The second-order valence-electron chi connectivity index (χ2n) is 4.71. The van der Waals surface area contributed by atoms with Crippen molar-refractivity contribution in [2.45, 2.75) is 25.5 Å². The predicted octanol–water partition coefficient (Wildman–Crippen LogP) is 0.652. The largest absolute Gasteiger partial charge is 0.502 e. The average molecular weight is 268 g/mol. The Labute approximate surface area is 113 Å². The summed E-state index contributed by atoms with van der Waals surface area (Å²) in [5, 5.41) is 12.0. The number of benzene rings is 1. The fourth-order valence-corrected chi connectivity index (χ4v) is 2.33. The molecule has 3 N–H and O–H groups in total. The molecule has 0 bridgehead atoms. The normalized spacial score (nSPS) is 18.5. The van der Waals surface area contributed by atoms with E-state index in [2.05, 4.69) is 5.32 Å². The van der Waals surface area contributed by atoms with Crippen molar-refractivity contribution < 1.29 is 24.6 Å². The topological polar surface area (TPSA) is 64.5 Å². The van der Waals surface area contributed by atoms with Gasteiger partial charge in [0.1, 0.15) is 19.2 Å². The van der Waals surface area contributed by atoms with Crippen molar-refractivity contribution in [2.24, 2.45) is 0 Å². The second kappa shape index (κ2) is 6.63. The summed E-state index contributed by atoms with van der Waals surface area (Å²) in [6, 6.07) is 3.67. The highest BCUT2D eigenvalue weighted by Crippen LogP contribution is 2.36. The van der Waals surface area contributed by atoms with Crippen LogP contribution in [0.3, 0.4) is 0 Å². The quantitative estimate of drug-likeness (QED) is 0.795. The summed E-state index contributed by atoms with van der Waals surface area (Å²) in [4.78, 5) is 0. The lowest BCUT2D eigenvalue weighted by Crippen LogP contribution is -2.84. The second-order valence-corrected chi connectivity index (χ2v) is 4.71. The molecule has 2 rings (SSSR count). The molecule has 1 aromatic carbocycles. The van der Waals surface area contributed by atoms with Gasteiger partial charge >= 0.3 is 0 Å². The molecule has 1 saturated heterocycles. The summed E-state index contributed by atoms with van der Waals surface area (Å²) < 4.78 is 15.9. The fraction of sp³-hybridized carbons (Fsp3) is 0.571. The number of methoxy groups -OCH3 is 2. The van der Waals surface area contributed by atoms with Crippen LogP contribution in [-0.2, 0) is 11.3 Å². The van der Waals surface area contributed by atoms with Gasteiger partial charge < -0.3 is 24.6 Å². The first-order chi connectivity index (χ1) is 9.24. The molecule has 0 amide bonds. The van der Waals surface area contributed by atoms with E-state index in [1.54, 1.807) is 0 Å². The third kappa shape index (κ3) is 3.52. The molecule has 0 unspecified atom stereocenters. The van der Waals surface area contributed by atoms with E-state index in [0.29, 0.717) is 17.6 Å². The van der Waals surface area contributed by atoms with Crippen molar-refractivity contribution in [1.29, 1.82) is 0 Å². The Kier molecular flexibility index (Phi) is 4.87. The van der Waals surface area contributed by atoms with Crippen LogP contribution >= 0.6 is 0 Å². The van der Waals surface area contributed by atoms with Gasteiger partial charge in [-0.3, -0.25) is 0 Å². The minimum atomic E-state index is 0.0490. The smallest absolute Gasteiger partial charge is 0.200 e. The first kappa shape index (κ1) is 14.0. The van der Waals surface area contributed by atoms with Crippen LogP contribution in [0.4, 0.5) is 0 Å². The minimum absolute atomic E-state index is 0.0490. The van der Waals surface area contributed by atoms with Gasteiger partial charge in [-0.15, -0.1) is 0 Å². The number of quaternary nitrogens is 1. The molecule has 0 spiro atoms. The Hall–Kier alpha value is -1.46. The van der Waals surface area contributed by atoms with Crippen LogP contribution in [0.2, 0.25) is 0 Å². The number of ether oxygens (including phenoxy) is 3. The number of hydrogen-bond donors (Lipinski definition) is 2. The van der Waals surface area contributed by atoms with Crippen LogP contribution < -0.4 is 14.8 Å². The first-order valence-corrected chi connectivity index (χ1v) is 6.61. The van der Waals surface area contributed by atoms with E-state index in [0.717, 1.165) is 31.7 Å². The zero-order valence-corrected chi connectivity index (χ0v) is 11.5. The van der Waals surface area contributed by atoms with Gasteiger partial charge in [0, 0.05) is 12.2 Å². The Balaban J connectivity index is 1.95. The van der Waals surface area contributed by atoms with Crippen LogP contribution in [0.5, 0.6) is 17.2 Å². The highest BCUT2D eigenvalue weighted by Gasteiger charge is 2.17. The van der Waals surface area contributed by atoms with Gasteiger partial charge in [-0.2, -0.15) is 0 Å². The lowest BCUT2D eigenvalue weighted by Gasteiger charge is -2.12. The maximum atomic E-state index is 9.83. The molecule has 5 nitrogen and oxygen atoms in total. The van der Waals surface area contributed by atoms with Crippen molar-refractivity contribution in [3.8, 4) is 17.2 Å². The number of aromatic hydroxyl groups is 1. The number of phenolic OH excluding ortho intramolecular Hbond substituents is 1. The molecule has 0 saturated carbocycles. The lowest BCUT2D eigenvalue weighted by molar-refractivity contribution is -0.676. The molecule has 106 valence electrons. The van der Waals surface area contributed by atoms with Gasteiger partial charge in [0.15, 0.2) is 11.5 Å². The third-order valence-corrected chi connectivity index (χ3v) is 3.37. The third-order valence-electron chi connectivity index (χ3n) is 3.37. The van der Waals surface area contributed by atoms with E-state index in [9.17, 15) is 5.11 Å². The fourth-order valence-electron chi connectivity index (χ4n) is 2.33. The zero-order valence-electron chi connectivity index (χ0n) is 11.5. The summed E-state index contributed by atoms with van der Waals surface area (Å²) in [5.74, 6) is 0.938. The maximum Gasteiger partial charge on any atom is 0.200 e. The molecular formula is C14H22NO4+. The van der Waals surface area contributed by atoms with Gasteiger partial charge in [0.2, 0.25) is 5.75 Å². The minimum Gasteiger partial charge on any atom is -0.502 e. The molecule has 19 heavy (non-hydrogen) atoms. The van der Waals surface area contributed by atoms with Gasteiger partial charge in [0.05, 0.1) is 14.2 Å². The number of phenols is 1. The van der Waals surface area contributed by atoms with E-state index in [-0.39, 0.29) is 5.75 Å². The number of hydrogen-bond acceptors (Lipinski definition) is 4. The summed E-state index contributed by atoms with van der Waals surface area (Å²) in [6.45, 7) is 2.66. The number of rotatable bonds is 6. The van der Waals surface area contributed by atoms with Crippen LogP contribution in [-0.4, -0.2) is 38.6 Å². The molecule has 1 atom stereocenters. The molecule has 1 aromatic rings. The van der Waals surface area contributed by atoms with Crippen LogP contribution in [0.1, 0.15) is 18.4 Å². The van der Waals surface area contributed by atoms with Crippen LogP contribution in [0, 0.1) is 0 Å². The Morgan fingerprint density at radius 2 is 2.00 bits per heavy atom. The summed E-state index contributed by atoms with van der Waals surface area (Å²) in [5.41, 5.74) is 1.06. The molecule has 0 aliphatic carbocycles. The predicted molar refractivity (Wildman–Crippen MR) is 70.7 cm³/mol. The maximum absolute atomic E-state index is 9.83. The van der Waals surface area contributed by atoms with E-state index in [1.807, 2.05) is 12.1 Å². The molecule has 0 aromatic heterocycles. The van der Waals surface area contributed by atoms with Gasteiger partial charge in [0.25, 0.3) is 0 Å². The van der Waals surface area contributed by atoms with Gasteiger partial charge in [-0.05, 0) is 25.0 Å². The Morgan fingerprint density at radius 1 is 1.32 bits per heavy atom. The zero-order chi connectivity index (χ0) is 13.7. The molecule has 5 heteroatoms. The van der Waals surface area contributed by atoms with Gasteiger partial charge in [-0.25, -0.2) is 0 Å². The first-order valence-electron chi connectivity index (χ1n) is 6.61. The highest BCUT2D eigenvalue weighted by molar-refractivity contribution is 5.52.